The number of hydrogen-bond acceptors (Lipinski definition) is 14. The Morgan fingerprint density at radius 3 is 1.83 bits per heavy atom. The Kier molecular flexibility index (Phi) is 17.6. The number of aliphatic imine (C=N–C) groups is 1. The van der Waals surface area contributed by atoms with E-state index in [1.165, 1.54) is 33.5 Å². The number of pyridine rings is 1. The molecule has 350 valence electrons. The van der Waals surface area contributed by atoms with Crippen molar-refractivity contribution in [3.63, 3.8) is 0 Å². The number of halogens is 3. The molecule has 1 fully saturated rings. The van der Waals surface area contributed by atoms with E-state index < -0.39 is 41.6 Å². The summed E-state index contributed by atoms with van der Waals surface area (Å²) in [5, 5.41) is 2.76. The number of alkyl halides is 3. The molecule has 0 saturated carbocycles. The molecule has 1 aromatic heterocycles. The van der Waals surface area contributed by atoms with Gasteiger partial charge in [0.1, 0.15) is 34.1 Å². The van der Waals surface area contributed by atoms with Crippen LogP contribution in [0, 0.1) is 0 Å². The fourth-order valence-electron chi connectivity index (χ4n) is 6.23. The van der Waals surface area contributed by atoms with Gasteiger partial charge in [0.25, 0.3) is 5.91 Å². The Labute approximate surface area is 370 Å². The van der Waals surface area contributed by atoms with E-state index in [4.69, 9.17) is 28.4 Å². The topological polar surface area (TPSA) is 180 Å². The Balaban J connectivity index is 1.52. The molecule has 0 bridgehead atoms. The molecular formula is C44H57F3N6O11. The monoisotopic (exact) mass is 902 g/mol. The Hall–Kier alpha value is -6.31. The molecule has 1 aliphatic heterocycles. The molecule has 0 spiro atoms. The van der Waals surface area contributed by atoms with E-state index in [0.29, 0.717) is 54.2 Å². The molecule has 17 nitrogen and oxygen atoms in total. The van der Waals surface area contributed by atoms with Gasteiger partial charge in [-0.05, 0) is 83.4 Å². The van der Waals surface area contributed by atoms with Crippen molar-refractivity contribution in [3.8, 4) is 28.4 Å². The van der Waals surface area contributed by atoms with Gasteiger partial charge in [0.05, 0.1) is 38.3 Å². The molecule has 2 aromatic carbocycles. The van der Waals surface area contributed by atoms with Gasteiger partial charge < -0.3 is 48.3 Å². The lowest BCUT2D eigenvalue weighted by atomic mass is 10.0. The van der Waals surface area contributed by atoms with Gasteiger partial charge >= 0.3 is 24.5 Å². The number of hydrogen-bond donors (Lipinski definition) is 1. The highest BCUT2D eigenvalue weighted by Gasteiger charge is 2.30. The second kappa shape index (κ2) is 22.4. The highest BCUT2D eigenvalue weighted by molar-refractivity contribution is 5.90. The van der Waals surface area contributed by atoms with Crippen molar-refractivity contribution in [1.29, 1.82) is 0 Å². The van der Waals surface area contributed by atoms with Crippen LogP contribution in [0.3, 0.4) is 0 Å². The molecule has 1 N–H and O–H groups in total. The molecule has 0 unspecified atom stereocenters. The number of ether oxygens (including phenoxy) is 7. The number of methoxy groups -OCH3 is 3. The Morgan fingerprint density at radius 1 is 0.781 bits per heavy atom. The molecule has 4 rings (SSSR count). The maximum Gasteiger partial charge on any atom is 0.573 e. The molecule has 3 amide bonds. The summed E-state index contributed by atoms with van der Waals surface area (Å²) in [5.41, 5.74) is 1.01. The highest BCUT2D eigenvalue weighted by atomic mass is 19.4. The van der Waals surface area contributed by atoms with Gasteiger partial charge in [0, 0.05) is 64.5 Å². The van der Waals surface area contributed by atoms with Crippen LogP contribution in [-0.4, -0.2) is 141 Å². The zero-order valence-corrected chi connectivity index (χ0v) is 37.6. The standard InChI is InChI=1S/C44H57F3N6O11/c1-42(2,3)63-40(56)52-18-16-51(17-19-53(21-20-52)41(57)64-43(4,5)6)26-32-22-30(23-34(50-32)39(55)60-9)38-35(58-7)24-33(25-36(38)59-8)61-27-37(54)48-15-14-29-10-12-31(13-11-29)49-28-62-44(45,46)47/h10-13,22-25,28H,14-21,26-27H2,1-9H3,(H,48,54). The van der Waals surface area contributed by atoms with Crippen LogP contribution in [0.1, 0.15) is 63.3 Å². The quantitative estimate of drug-likeness (QED) is 0.0776. The molecule has 64 heavy (non-hydrogen) atoms. The first-order chi connectivity index (χ1) is 30.1. The fourth-order valence-corrected chi connectivity index (χ4v) is 6.23. The van der Waals surface area contributed by atoms with E-state index in [2.05, 4.69) is 20.0 Å². The van der Waals surface area contributed by atoms with Crippen LogP contribution in [0.2, 0.25) is 0 Å². The molecule has 3 aromatic rings. The van der Waals surface area contributed by atoms with E-state index in [-0.39, 0.29) is 63.0 Å². The maximum absolute atomic E-state index is 13.3. The number of carbonyl (C=O) groups excluding carboxylic acids is 4. The second-order valence-corrected chi connectivity index (χ2v) is 16.5. The second-order valence-electron chi connectivity index (χ2n) is 16.5. The Morgan fingerprint density at radius 2 is 1.33 bits per heavy atom. The zero-order valence-electron chi connectivity index (χ0n) is 37.6. The number of nitrogens with one attached hydrogen (secondary N) is 1. The number of aromatic nitrogens is 1. The Bertz CT molecular complexity index is 2040. The minimum absolute atomic E-state index is 0.00566. The van der Waals surface area contributed by atoms with E-state index in [1.807, 2.05) is 4.90 Å². The third-order valence-corrected chi connectivity index (χ3v) is 9.17. The first kappa shape index (κ1) is 50.3. The van der Waals surface area contributed by atoms with Crippen molar-refractivity contribution >= 4 is 36.2 Å². The summed E-state index contributed by atoms with van der Waals surface area (Å²) in [6.07, 6.45) is -5.11. The molecule has 0 radical (unpaired) electrons. The van der Waals surface area contributed by atoms with E-state index in [9.17, 15) is 32.3 Å². The highest BCUT2D eigenvalue weighted by Crippen LogP contribution is 2.42. The normalized spacial score (nSPS) is 14.2. The number of carbonyl (C=O) groups is 4. The number of rotatable bonds is 14. The number of amides is 3. The van der Waals surface area contributed by atoms with Crippen LogP contribution in [-0.2, 0) is 36.7 Å². The summed E-state index contributed by atoms with van der Waals surface area (Å²) in [5.74, 6) is -0.267. The minimum Gasteiger partial charge on any atom is -0.496 e. The van der Waals surface area contributed by atoms with E-state index in [1.54, 1.807) is 87.7 Å². The largest absolute Gasteiger partial charge is 0.573 e. The van der Waals surface area contributed by atoms with Gasteiger partial charge in [0.15, 0.2) is 13.0 Å². The van der Waals surface area contributed by atoms with Crippen LogP contribution in [0.15, 0.2) is 53.5 Å². The van der Waals surface area contributed by atoms with E-state index in [0.717, 1.165) is 5.56 Å². The minimum atomic E-state index is -4.82. The van der Waals surface area contributed by atoms with Crippen molar-refractivity contribution in [2.24, 2.45) is 4.99 Å². The maximum atomic E-state index is 13.3. The summed E-state index contributed by atoms with van der Waals surface area (Å²) in [6.45, 7) is 12.5. The molecule has 1 saturated heterocycles. The van der Waals surface area contributed by atoms with Crippen molar-refractivity contribution in [2.75, 3.05) is 73.7 Å². The molecule has 0 aliphatic carbocycles. The summed E-state index contributed by atoms with van der Waals surface area (Å²) in [4.78, 5) is 65.7. The lowest BCUT2D eigenvalue weighted by Gasteiger charge is -2.30. The van der Waals surface area contributed by atoms with Crippen LogP contribution in [0.4, 0.5) is 28.4 Å². The van der Waals surface area contributed by atoms with Crippen molar-refractivity contribution in [2.45, 2.75) is 72.1 Å². The van der Waals surface area contributed by atoms with Crippen molar-refractivity contribution in [3.05, 3.63) is 65.5 Å². The molecule has 20 heteroatoms. The van der Waals surface area contributed by atoms with Gasteiger partial charge in [-0.15, -0.1) is 13.2 Å². The van der Waals surface area contributed by atoms with Gasteiger partial charge in [-0.25, -0.2) is 24.4 Å². The lowest BCUT2D eigenvalue weighted by Crippen LogP contribution is -2.44. The SMILES string of the molecule is COC(=O)c1cc(-c2c(OC)cc(OCC(=O)NCCc3ccc(N=COC(F)(F)F)cc3)cc2OC)cc(CN2CCN(C(=O)OC(C)(C)C)CCN(C(=O)OC(C)(C)C)CC2)n1. The van der Waals surface area contributed by atoms with Crippen LogP contribution < -0.4 is 19.5 Å². The number of benzene rings is 2. The van der Waals surface area contributed by atoms with Gasteiger partial charge in [-0.2, -0.15) is 0 Å². The first-order valence-electron chi connectivity index (χ1n) is 20.4. The lowest BCUT2D eigenvalue weighted by molar-refractivity contribution is -0.280. The third-order valence-electron chi connectivity index (χ3n) is 9.17. The zero-order chi connectivity index (χ0) is 47.2. The van der Waals surface area contributed by atoms with Gasteiger partial charge in [0.2, 0.25) is 0 Å². The van der Waals surface area contributed by atoms with Crippen molar-refractivity contribution < 1.29 is 65.5 Å². The number of nitrogens with zero attached hydrogens (tertiary/aromatic N) is 5. The van der Waals surface area contributed by atoms with E-state index >= 15 is 0 Å². The molecular weight excluding hydrogens is 846 g/mol. The smallest absolute Gasteiger partial charge is 0.496 e. The summed E-state index contributed by atoms with van der Waals surface area (Å²) >= 11 is 0. The van der Waals surface area contributed by atoms with Gasteiger partial charge in [-0.3, -0.25) is 9.69 Å². The average molecular weight is 903 g/mol. The summed E-state index contributed by atoms with van der Waals surface area (Å²) in [6, 6.07) is 12.8. The van der Waals surface area contributed by atoms with Crippen molar-refractivity contribution in [1.82, 2.24) is 25.0 Å². The van der Waals surface area contributed by atoms with Gasteiger partial charge in [-0.1, -0.05) is 12.1 Å². The molecule has 1 aliphatic rings. The predicted molar refractivity (Wildman–Crippen MR) is 229 cm³/mol. The third kappa shape index (κ3) is 16.4. The molecule has 0 atom stereocenters. The first-order valence-corrected chi connectivity index (χ1v) is 20.4. The summed E-state index contributed by atoms with van der Waals surface area (Å²) < 4.78 is 73.8. The van der Waals surface area contributed by atoms with Crippen LogP contribution in [0.25, 0.3) is 11.1 Å². The number of esters is 1. The predicted octanol–water partition coefficient (Wildman–Crippen LogP) is 6.78. The summed E-state index contributed by atoms with van der Waals surface area (Å²) in [7, 11) is 4.14. The molecule has 2 heterocycles. The average Bonchev–Trinajstić information content (AvgIpc) is 3.31. The van der Waals surface area contributed by atoms with Crippen LogP contribution in [0.5, 0.6) is 17.2 Å². The van der Waals surface area contributed by atoms with Crippen LogP contribution >= 0.6 is 0 Å². The fraction of sp³-hybridized carbons (Fsp3) is 0.500.